The maximum absolute atomic E-state index is 12.4. The second-order valence-corrected chi connectivity index (χ2v) is 7.22. The minimum absolute atomic E-state index is 0.135. The van der Waals surface area contributed by atoms with E-state index >= 15 is 0 Å². The minimum Gasteiger partial charge on any atom is -0.330 e. The van der Waals surface area contributed by atoms with Crippen LogP contribution in [0.4, 0.5) is 0 Å². The van der Waals surface area contributed by atoms with Gasteiger partial charge in [0.25, 0.3) is 0 Å². The van der Waals surface area contributed by atoms with Crippen molar-refractivity contribution in [2.45, 2.75) is 19.9 Å². The molecular formula is C26H24N4O. The smallest absolute Gasteiger partial charge is 0.241 e. The zero-order valence-corrected chi connectivity index (χ0v) is 17.4. The number of aryl methyl sites for hydroxylation is 1. The molecule has 31 heavy (non-hydrogen) atoms. The summed E-state index contributed by atoms with van der Waals surface area (Å²) >= 11 is 0. The third-order valence-electron chi connectivity index (χ3n) is 5.05. The van der Waals surface area contributed by atoms with Crippen molar-refractivity contribution < 1.29 is 4.79 Å². The third-order valence-corrected chi connectivity index (χ3v) is 5.05. The lowest BCUT2D eigenvalue weighted by Crippen LogP contribution is -2.20. The number of nitrogens with zero attached hydrogens (tertiary/aromatic N) is 3. The van der Waals surface area contributed by atoms with Gasteiger partial charge >= 0.3 is 0 Å². The highest BCUT2D eigenvalue weighted by molar-refractivity contribution is 5.99. The van der Waals surface area contributed by atoms with Crippen molar-refractivity contribution in [2.75, 3.05) is 0 Å². The number of hydrogen-bond acceptors (Lipinski definition) is 3. The molecule has 4 aromatic rings. The molecule has 1 heterocycles. The minimum atomic E-state index is -0.135. The molecule has 0 bridgehead atoms. The van der Waals surface area contributed by atoms with Crippen molar-refractivity contribution in [1.82, 2.24) is 15.0 Å². The van der Waals surface area contributed by atoms with Crippen LogP contribution in [0.1, 0.15) is 18.9 Å². The quantitative estimate of drug-likeness (QED) is 0.340. The van der Waals surface area contributed by atoms with Crippen molar-refractivity contribution in [2.24, 2.45) is 5.10 Å². The van der Waals surface area contributed by atoms with Gasteiger partial charge in [0.15, 0.2) is 0 Å². The van der Waals surface area contributed by atoms with E-state index in [1.54, 1.807) is 6.33 Å². The molecule has 0 fully saturated rings. The van der Waals surface area contributed by atoms with Crippen molar-refractivity contribution in [3.63, 3.8) is 0 Å². The molecule has 0 unspecified atom stereocenters. The fraction of sp³-hybridized carbons (Fsp3) is 0.115. The van der Waals surface area contributed by atoms with Gasteiger partial charge in [-0.25, -0.2) is 10.4 Å². The van der Waals surface area contributed by atoms with Gasteiger partial charge in [-0.1, -0.05) is 91.0 Å². The predicted molar refractivity (Wildman–Crippen MR) is 125 cm³/mol. The van der Waals surface area contributed by atoms with E-state index in [-0.39, 0.29) is 5.91 Å². The van der Waals surface area contributed by atoms with Crippen LogP contribution in [0.2, 0.25) is 0 Å². The number of benzene rings is 3. The number of aromatic nitrogens is 2. The number of imidazole rings is 1. The van der Waals surface area contributed by atoms with Crippen molar-refractivity contribution in [3.8, 4) is 22.5 Å². The van der Waals surface area contributed by atoms with E-state index in [1.165, 1.54) is 0 Å². The molecule has 1 aromatic heterocycles. The number of carbonyl (C=O) groups excluding carboxylic acids is 1. The fourth-order valence-corrected chi connectivity index (χ4v) is 3.43. The topological polar surface area (TPSA) is 59.3 Å². The van der Waals surface area contributed by atoms with Crippen molar-refractivity contribution >= 4 is 11.6 Å². The Bertz CT molecular complexity index is 1170. The molecule has 0 aliphatic heterocycles. The Morgan fingerprint density at radius 2 is 1.45 bits per heavy atom. The van der Waals surface area contributed by atoms with E-state index < -0.39 is 0 Å². The summed E-state index contributed by atoms with van der Waals surface area (Å²) in [7, 11) is 0. The molecule has 0 saturated carbocycles. The first-order chi connectivity index (χ1) is 15.2. The molecule has 0 aliphatic carbocycles. The lowest BCUT2D eigenvalue weighted by molar-refractivity contribution is -0.121. The summed E-state index contributed by atoms with van der Waals surface area (Å²) in [5.41, 5.74) is 8.44. The Morgan fingerprint density at radius 3 is 2.10 bits per heavy atom. The summed E-state index contributed by atoms with van der Waals surface area (Å²) < 4.78 is 2.03. The Kier molecular flexibility index (Phi) is 6.33. The molecule has 4 rings (SSSR count). The lowest BCUT2D eigenvalue weighted by Gasteiger charge is -2.10. The average molecular weight is 409 g/mol. The molecule has 5 nitrogen and oxygen atoms in total. The zero-order chi connectivity index (χ0) is 21.5. The van der Waals surface area contributed by atoms with Crippen LogP contribution in [0, 0.1) is 0 Å². The summed E-state index contributed by atoms with van der Waals surface area (Å²) in [5, 5.41) is 4.23. The van der Waals surface area contributed by atoms with Crippen LogP contribution in [-0.4, -0.2) is 21.2 Å². The first-order valence-electron chi connectivity index (χ1n) is 10.3. The van der Waals surface area contributed by atoms with Gasteiger partial charge in [-0.3, -0.25) is 4.79 Å². The van der Waals surface area contributed by atoms with Crippen LogP contribution in [0.25, 0.3) is 22.5 Å². The van der Waals surface area contributed by atoms with Crippen LogP contribution < -0.4 is 5.43 Å². The van der Waals surface area contributed by atoms with Gasteiger partial charge in [0.2, 0.25) is 5.91 Å². The van der Waals surface area contributed by atoms with Gasteiger partial charge in [-0.05, 0) is 12.5 Å². The predicted octanol–water partition coefficient (Wildman–Crippen LogP) is 5.15. The van der Waals surface area contributed by atoms with Gasteiger partial charge in [0, 0.05) is 24.1 Å². The Hall–Kier alpha value is -3.99. The molecule has 0 atom stereocenters. The van der Waals surface area contributed by atoms with Crippen molar-refractivity contribution in [3.05, 3.63) is 103 Å². The molecule has 1 N–H and O–H groups in total. The molecule has 0 radical (unpaired) electrons. The zero-order valence-electron chi connectivity index (χ0n) is 17.4. The number of nitrogens with one attached hydrogen (secondary N) is 1. The Balaban J connectivity index is 1.51. The molecular weight excluding hydrogens is 384 g/mol. The third kappa shape index (κ3) is 4.95. The van der Waals surface area contributed by atoms with E-state index in [1.807, 2.05) is 90.4 Å². The van der Waals surface area contributed by atoms with Gasteiger partial charge in [-0.15, -0.1) is 0 Å². The summed E-state index contributed by atoms with van der Waals surface area (Å²) in [5.74, 6) is -0.135. The van der Waals surface area contributed by atoms with Crippen LogP contribution in [0.15, 0.2) is 102 Å². The van der Waals surface area contributed by atoms with E-state index in [0.717, 1.165) is 33.8 Å². The Labute approximate surface area is 182 Å². The summed E-state index contributed by atoms with van der Waals surface area (Å²) in [6.45, 7) is 2.39. The normalized spacial score (nSPS) is 11.3. The highest BCUT2D eigenvalue weighted by atomic mass is 16.2. The maximum atomic E-state index is 12.4. The van der Waals surface area contributed by atoms with E-state index in [0.29, 0.717) is 13.0 Å². The standard InChI is InChI=1S/C26H24N4O/c1-20(21-11-5-2-6-12-21)28-29-24(31)17-18-30-19-27-25(22-13-7-3-8-14-22)26(30)23-15-9-4-10-16-23/h2-16,19H,17-18H2,1H3,(H,29,31)/b28-20+. The molecule has 0 saturated heterocycles. The number of hydrazone groups is 1. The largest absolute Gasteiger partial charge is 0.330 e. The molecule has 1 amide bonds. The number of hydrogen-bond donors (Lipinski definition) is 1. The first-order valence-corrected chi connectivity index (χ1v) is 10.3. The highest BCUT2D eigenvalue weighted by Gasteiger charge is 2.15. The van der Waals surface area contributed by atoms with Crippen LogP contribution >= 0.6 is 0 Å². The lowest BCUT2D eigenvalue weighted by atomic mass is 10.0. The average Bonchev–Trinajstić information content (AvgIpc) is 3.27. The van der Waals surface area contributed by atoms with Crippen molar-refractivity contribution in [1.29, 1.82) is 0 Å². The SMILES string of the molecule is C/C(=N\NC(=O)CCn1cnc(-c2ccccc2)c1-c1ccccc1)c1ccccc1. The molecule has 0 aliphatic rings. The van der Waals surface area contributed by atoms with Crippen LogP contribution in [-0.2, 0) is 11.3 Å². The van der Waals surface area contributed by atoms with Gasteiger partial charge < -0.3 is 4.57 Å². The van der Waals surface area contributed by atoms with E-state index in [9.17, 15) is 4.79 Å². The molecule has 5 heteroatoms. The highest BCUT2D eigenvalue weighted by Crippen LogP contribution is 2.31. The Morgan fingerprint density at radius 1 is 0.871 bits per heavy atom. The van der Waals surface area contributed by atoms with Crippen LogP contribution in [0.5, 0.6) is 0 Å². The van der Waals surface area contributed by atoms with Crippen LogP contribution in [0.3, 0.4) is 0 Å². The molecule has 0 spiro atoms. The summed E-state index contributed by atoms with van der Waals surface area (Å²) in [6, 6.07) is 30.0. The maximum Gasteiger partial charge on any atom is 0.241 e. The number of carbonyl (C=O) groups is 1. The van der Waals surface area contributed by atoms with Gasteiger partial charge in [0.1, 0.15) is 0 Å². The van der Waals surface area contributed by atoms with Gasteiger partial charge in [-0.2, -0.15) is 5.10 Å². The van der Waals surface area contributed by atoms with E-state index in [2.05, 4.69) is 27.6 Å². The number of amides is 1. The van der Waals surface area contributed by atoms with Gasteiger partial charge in [0.05, 0.1) is 23.4 Å². The summed E-state index contributed by atoms with van der Waals surface area (Å²) in [4.78, 5) is 17.1. The first kappa shape index (κ1) is 20.3. The van der Waals surface area contributed by atoms with E-state index in [4.69, 9.17) is 0 Å². The molecule has 3 aromatic carbocycles. The summed E-state index contributed by atoms with van der Waals surface area (Å²) in [6.07, 6.45) is 2.10. The second kappa shape index (κ2) is 9.67. The monoisotopic (exact) mass is 408 g/mol. The fourth-order valence-electron chi connectivity index (χ4n) is 3.43. The molecule has 154 valence electrons. The number of rotatable bonds is 7. The second-order valence-electron chi connectivity index (χ2n) is 7.22.